The van der Waals surface area contributed by atoms with Gasteiger partial charge in [-0.05, 0) is 19.2 Å². The third-order valence-corrected chi connectivity index (χ3v) is 3.06. The van der Waals surface area contributed by atoms with E-state index in [1.54, 1.807) is 11.9 Å². The van der Waals surface area contributed by atoms with E-state index in [0.717, 1.165) is 6.07 Å². The highest BCUT2D eigenvalue weighted by Crippen LogP contribution is 2.37. The van der Waals surface area contributed by atoms with Gasteiger partial charge in [0.2, 0.25) is 0 Å². The summed E-state index contributed by atoms with van der Waals surface area (Å²) in [7, 11) is 1.72. The first-order chi connectivity index (χ1) is 8.43. The van der Waals surface area contributed by atoms with Crippen molar-refractivity contribution in [2.45, 2.75) is 12.0 Å². The molecule has 0 aromatic heterocycles. The van der Waals surface area contributed by atoms with Crippen LogP contribution in [0.5, 0.6) is 0 Å². The fourth-order valence-electron chi connectivity index (χ4n) is 1.98. The zero-order valence-corrected chi connectivity index (χ0v) is 10.00. The Morgan fingerprint density at radius 1 is 1.44 bits per heavy atom. The Morgan fingerprint density at radius 3 is 2.83 bits per heavy atom. The van der Waals surface area contributed by atoms with E-state index in [9.17, 15) is 13.2 Å². The minimum Gasteiger partial charge on any atom is -0.396 e. The van der Waals surface area contributed by atoms with Gasteiger partial charge in [0.15, 0.2) is 5.82 Å². The Labute approximate surface area is 103 Å². The fraction of sp³-hybridized carbons (Fsp3) is 0.500. The molecule has 2 rings (SSSR count). The summed E-state index contributed by atoms with van der Waals surface area (Å²) in [6.45, 7) is 0.855. The number of nitrogens with zero attached hydrogens (tertiary/aromatic N) is 1. The lowest BCUT2D eigenvalue weighted by Gasteiger charge is -2.35. The van der Waals surface area contributed by atoms with E-state index in [2.05, 4.69) is 0 Å². The van der Waals surface area contributed by atoms with E-state index < -0.39 is 23.4 Å². The van der Waals surface area contributed by atoms with E-state index in [4.69, 9.17) is 10.5 Å². The predicted octanol–water partition coefficient (Wildman–Crippen LogP) is 1.83. The van der Waals surface area contributed by atoms with Crippen LogP contribution in [0.15, 0.2) is 18.2 Å². The summed E-state index contributed by atoms with van der Waals surface area (Å²) >= 11 is 0. The molecule has 3 nitrogen and oxygen atoms in total. The smallest absolute Gasteiger partial charge is 0.302 e. The lowest BCUT2D eigenvalue weighted by Crippen LogP contribution is -2.48. The lowest BCUT2D eigenvalue weighted by molar-refractivity contribution is -0.171. The van der Waals surface area contributed by atoms with Crippen LogP contribution in [0.25, 0.3) is 0 Å². The normalized spacial score (nSPS) is 22.1. The van der Waals surface area contributed by atoms with Crippen molar-refractivity contribution in [1.82, 2.24) is 4.90 Å². The zero-order valence-electron chi connectivity index (χ0n) is 10.00. The molecular formula is C12H15F3N2O. The van der Waals surface area contributed by atoms with Gasteiger partial charge in [0.05, 0.1) is 17.9 Å². The SMILES string of the molecule is CN1CCOC(C(F)(F)c2cccc(N)c2F)C1. The summed E-state index contributed by atoms with van der Waals surface area (Å²) in [5.74, 6) is -4.46. The monoisotopic (exact) mass is 260 g/mol. The summed E-state index contributed by atoms with van der Waals surface area (Å²) < 4.78 is 47.2. The first-order valence-electron chi connectivity index (χ1n) is 5.65. The van der Waals surface area contributed by atoms with Crippen LogP contribution in [0.4, 0.5) is 18.9 Å². The highest BCUT2D eigenvalue weighted by atomic mass is 19.3. The van der Waals surface area contributed by atoms with Crippen molar-refractivity contribution in [2.75, 3.05) is 32.5 Å². The molecule has 0 spiro atoms. The molecule has 1 unspecified atom stereocenters. The second-order valence-corrected chi connectivity index (χ2v) is 4.45. The molecule has 0 radical (unpaired) electrons. The molecule has 1 atom stereocenters. The van der Waals surface area contributed by atoms with E-state index in [1.165, 1.54) is 12.1 Å². The van der Waals surface area contributed by atoms with Gasteiger partial charge in [-0.1, -0.05) is 6.07 Å². The number of benzene rings is 1. The van der Waals surface area contributed by atoms with Crippen LogP contribution in [-0.2, 0) is 10.7 Å². The molecule has 2 N–H and O–H groups in total. The van der Waals surface area contributed by atoms with Gasteiger partial charge in [-0.2, -0.15) is 8.78 Å². The van der Waals surface area contributed by atoms with Gasteiger partial charge in [0.1, 0.15) is 6.10 Å². The molecule has 0 amide bonds. The lowest BCUT2D eigenvalue weighted by atomic mass is 10.0. The molecule has 0 bridgehead atoms. The van der Waals surface area contributed by atoms with Crippen LogP contribution in [0.3, 0.4) is 0 Å². The highest BCUT2D eigenvalue weighted by molar-refractivity contribution is 5.44. The van der Waals surface area contributed by atoms with E-state index in [0.29, 0.717) is 6.54 Å². The van der Waals surface area contributed by atoms with Crippen LogP contribution < -0.4 is 5.73 Å². The number of nitrogens with two attached hydrogens (primary N) is 1. The Morgan fingerprint density at radius 2 is 2.17 bits per heavy atom. The molecule has 1 saturated heterocycles. The number of morpholine rings is 1. The predicted molar refractivity (Wildman–Crippen MR) is 61.9 cm³/mol. The number of hydrogen-bond donors (Lipinski definition) is 1. The Hall–Kier alpha value is -1.27. The third-order valence-electron chi connectivity index (χ3n) is 3.06. The van der Waals surface area contributed by atoms with Crippen molar-refractivity contribution < 1.29 is 17.9 Å². The average molecular weight is 260 g/mol. The van der Waals surface area contributed by atoms with Crippen molar-refractivity contribution in [1.29, 1.82) is 0 Å². The van der Waals surface area contributed by atoms with Crippen molar-refractivity contribution in [3.05, 3.63) is 29.6 Å². The van der Waals surface area contributed by atoms with E-state index >= 15 is 0 Å². The highest BCUT2D eigenvalue weighted by Gasteiger charge is 2.46. The van der Waals surface area contributed by atoms with Gasteiger partial charge in [-0.25, -0.2) is 4.39 Å². The number of hydrogen-bond acceptors (Lipinski definition) is 3. The third kappa shape index (κ3) is 2.30. The molecule has 0 saturated carbocycles. The minimum atomic E-state index is -3.39. The minimum absolute atomic E-state index is 0.0568. The Kier molecular flexibility index (Phi) is 3.49. The molecule has 1 heterocycles. The van der Waals surface area contributed by atoms with Crippen molar-refractivity contribution in [3.63, 3.8) is 0 Å². The van der Waals surface area contributed by atoms with Gasteiger partial charge in [-0.15, -0.1) is 0 Å². The summed E-state index contributed by atoms with van der Waals surface area (Å²) in [5, 5.41) is 0. The van der Waals surface area contributed by atoms with Crippen molar-refractivity contribution in [2.24, 2.45) is 0 Å². The number of nitrogen functional groups attached to an aromatic ring is 1. The molecule has 1 aliphatic rings. The molecule has 18 heavy (non-hydrogen) atoms. The summed E-state index contributed by atoms with van der Waals surface area (Å²) in [6, 6.07) is 3.61. The topological polar surface area (TPSA) is 38.5 Å². The van der Waals surface area contributed by atoms with Crippen LogP contribution in [-0.4, -0.2) is 37.7 Å². The van der Waals surface area contributed by atoms with Gasteiger partial charge < -0.3 is 15.4 Å². The van der Waals surface area contributed by atoms with Crippen LogP contribution in [0.2, 0.25) is 0 Å². The quantitative estimate of drug-likeness (QED) is 0.824. The zero-order chi connectivity index (χ0) is 13.3. The first-order valence-corrected chi connectivity index (χ1v) is 5.65. The molecular weight excluding hydrogens is 245 g/mol. The maximum absolute atomic E-state index is 14.2. The Bertz CT molecular complexity index is 439. The Balaban J connectivity index is 2.32. The maximum Gasteiger partial charge on any atom is 0.302 e. The number of ether oxygens (including phenoxy) is 1. The maximum atomic E-state index is 14.2. The first kappa shape index (κ1) is 13.2. The average Bonchev–Trinajstić information content (AvgIpc) is 2.32. The van der Waals surface area contributed by atoms with Crippen LogP contribution >= 0.6 is 0 Å². The molecule has 0 aliphatic carbocycles. The number of rotatable bonds is 2. The fourth-order valence-corrected chi connectivity index (χ4v) is 1.98. The number of anilines is 1. The van der Waals surface area contributed by atoms with Crippen LogP contribution in [0, 0.1) is 5.82 Å². The van der Waals surface area contributed by atoms with Crippen LogP contribution in [0.1, 0.15) is 5.56 Å². The van der Waals surface area contributed by atoms with Gasteiger partial charge in [-0.3, -0.25) is 0 Å². The molecule has 1 aromatic rings. The van der Waals surface area contributed by atoms with E-state index in [1.807, 2.05) is 0 Å². The molecule has 6 heteroatoms. The molecule has 1 aliphatic heterocycles. The van der Waals surface area contributed by atoms with E-state index in [-0.39, 0.29) is 18.8 Å². The van der Waals surface area contributed by atoms with Gasteiger partial charge in [0.25, 0.3) is 0 Å². The molecule has 1 fully saturated rings. The summed E-state index contributed by atoms with van der Waals surface area (Å²) in [5.41, 5.74) is 4.33. The number of likely N-dealkylation sites (N-methyl/N-ethyl adjacent to an activating group) is 1. The second-order valence-electron chi connectivity index (χ2n) is 4.45. The standard InChI is InChI=1S/C12H15F3N2O/c1-17-5-6-18-10(7-17)12(14,15)8-3-2-4-9(16)11(8)13/h2-4,10H,5-7,16H2,1H3. The molecule has 1 aromatic carbocycles. The van der Waals surface area contributed by atoms with Crippen molar-refractivity contribution >= 4 is 5.69 Å². The second kappa shape index (κ2) is 4.78. The van der Waals surface area contributed by atoms with Gasteiger partial charge in [0, 0.05) is 13.1 Å². The summed E-state index contributed by atoms with van der Waals surface area (Å²) in [6.07, 6.45) is -1.35. The summed E-state index contributed by atoms with van der Waals surface area (Å²) in [4.78, 5) is 1.73. The number of alkyl halides is 2. The number of halogens is 3. The largest absolute Gasteiger partial charge is 0.396 e. The van der Waals surface area contributed by atoms with Crippen molar-refractivity contribution in [3.8, 4) is 0 Å². The van der Waals surface area contributed by atoms with Gasteiger partial charge >= 0.3 is 5.92 Å². The molecule has 100 valence electrons.